The van der Waals surface area contributed by atoms with E-state index in [0.717, 1.165) is 44.9 Å². The first-order valence-corrected chi connectivity index (χ1v) is 22.5. The fourth-order valence-electron chi connectivity index (χ4n) is 5.64. The predicted molar refractivity (Wildman–Crippen MR) is 215 cm³/mol. The largest absolute Gasteiger partial charge is 0.472 e. The van der Waals surface area contributed by atoms with Crippen molar-refractivity contribution in [2.75, 3.05) is 26.4 Å². The summed E-state index contributed by atoms with van der Waals surface area (Å²) in [5, 5.41) is 0. The molecule has 0 heterocycles. The molecule has 0 amide bonds. The first kappa shape index (κ1) is 50.2. The molecule has 9 nitrogen and oxygen atoms in total. The Kier molecular flexibility index (Phi) is 37.6. The van der Waals surface area contributed by atoms with Crippen LogP contribution in [0.3, 0.4) is 0 Å². The number of esters is 2. The van der Waals surface area contributed by atoms with Gasteiger partial charge in [0, 0.05) is 19.4 Å². The topological polar surface area (TPSA) is 134 Å². The Morgan fingerprint density at radius 1 is 0.577 bits per heavy atom. The van der Waals surface area contributed by atoms with Gasteiger partial charge in [0.25, 0.3) is 0 Å². The molecule has 0 radical (unpaired) electrons. The quantitative estimate of drug-likeness (QED) is 0.0272. The highest BCUT2D eigenvalue weighted by molar-refractivity contribution is 7.47. The molecule has 0 fully saturated rings. The summed E-state index contributed by atoms with van der Waals surface area (Å²) in [5.74, 6) is -0.869. The van der Waals surface area contributed by atoms with Crippen LogP contribution in [0.2, 0.25) is 0 Å². The number of phosphoric acid groups is 1. The number of unbranched alkanes of at least 4 members (excludes halogenated alkanes) is 20. The van der Waals surface area contributed by atoms with Crippen LogP contribution in [0, 0.1) is 0 Å². The van der Waals surface area contributed by atoms with Gasteiger partial charge >= 0.3 is 19.8 Å². The smallest absolute Gasteiger partial charge is 0.462 e. The summed E-state index contributed by atoms with van der Waals surface area (Å²) in [5.41, 5.74) is 5.34. The molecule has 0 aromatic heterocycles. The number of allylic oxidation sites excluding steroid dienone is 6. The van der Waals surface area contributed by atoms with Crippen molar-refractivity contribution in [3.63, 3.8) is 0 Å². The van der Waals surface area contributed by atoms with Crippen molar-refractivity contribution in [2.24, 2.45) is 5.73 Å². The van der Waals surface area contributed by atoms with E-state index in [4.69, 9.17) is 24.3 Å². The summed E-state index contributed by atoms with van der Waals surface area (Å²) in [6.07, 6.45) is 41.7. The summed E-state index contributed by atoms with van der Waals surface area (Å²) in [7, 11) is -4.38. The lowest BCUT2D eigenvalue weighted by Gasteiger charge is -2.19. The van der Waals surface area contributed by atoms with Crippen molar-refractivity contribution in [1.29, 1.82) is 0 Å². The second kappa shape index (κ2) is 38.9. The van der Waals surface area contributed by atoms with E-state index in [0.29, 0.717) is 12.8 Å². The van der Waals surface area contributed by atoms with Crippen LogP contribution in [0.4, 0.5) is 0 Å². The highest BCUT2D eigenvalue weighted by Gasteiger charge is 2.26. The summed E-state index contributed by atoms with van der Waals surface area (Å²) in [6.45, 7) is 3.67. The Hall–Kier alpha value is -1.77. The lowest BCUT2D eigenvalue weighted by Crippen LogP contribution is -2.29. The molecular formula is C42H78NO8P. The van der Waals surface area contributed by atoms with Gasteiger partial charge in [-0.1, -0.05) is 159 Å². The van der Waals surface area contributed by atoms with Crippen LogP contribution in [0.25, 0.3) is 0 Å². The molecule has 0 saturated heterocycles. The van der Waals surface area contributed by atoms with E-state index in [9.17, 15) is 19.0 Å². The van der Waals surface area contributed by atoms with Crippen molar-refractivity contribution in [3.05, 3.63) is 36.5 Å². The number of hydrogen-bond acceptors (Lipinski definition) is 8. The first-order valence-electron chi connectivity index (χ1n) is 21.0. The molecule has 304 valence electrons. The summed E-state index contributed by atoms with van der Waals surface area (Å²) >= 11 is 0. The lowest BCUT2D eigenvalue weighted by molar-refractivity contribution is -0.161. The Morgan fingerprint density at radius 3 is 1.52 bits per heavy atom. The molecule has 0 aliphatic rings. The molecule has 0 spiro atoms. The van der Waals surface area contributed by atoms with Crippen LogP contribution in [0.5, 0.6) is 0 Å². The van der Waals surface area contributed by atoms with Crippen LogP contribution >= 0.6 is 7.82 Å². The third kappa shape index (κ3) is 38.0. The van der Waals surface area contributed by atoms with Gasteiger partial charge in [0.05, 0.1) is 13.2 Å². The normalized spacial score (nSPS) is 13.7. The fourth-order valence-corrected chi connectivity index (χ4v) is 6.41. The zero-order valence-electron chi connectivity index (χ0n) is 33.3. The number of rotatable bonds is 39. The minimum absolute atomic E-state index is 0.0488. The maximum atomic E-state index is 12.6. The highest BCUT2D eigenvalue weighted by atomic mass is 31.2. The van der Waals surface area contributed by atoms with Gasteiger partial charge in [-0.2, -0.15) is 0 Å². The molecule has 0 aliphatic carbocycles. The molecule has 2 atom stereocenters. The molecule has 0 rings (SSSR count). The van der Waals surface area contributed by atoms with Gasteiger partial charge in [0.2, 0.25) is 0 Å². The minimum atomic E-state index is -4.38. The van der Waals surface area contributed by atoms with Crippen molar-refractivity contribution in [2.45, 2.75) is 193 Å². The molecule has 0 aromatic rings. The van der Waals surface area contributed by atoms with Crippen LogP contribution in [0.15, 0.2) is 36.5 Å². The lowest BCUT2D eigenvalue weighted by atomic mass is 10.0. The highest BCUT2D eigenvalue weighted by Crippen LogP contribution is 2.43. The monoisotopic (exact) mass is 756 g/mol. The van der Waals surface area contributed by atoms with E-state index < -0.39 is 32.5 Å². The number of carbonyl (C=O) groups excluding carboxylic acids is 2. The van der Waals surface area contributed by atoms with Crippen molar-refractivity contribution < 1.29 is 37.6 Å². The summed E-state index contributed by atoms with van der Waals surface area (Å²) < 4.78 is 32.7. The predicted octanol–water partition coefficient (Wildman–Crippen LogP) is 11.8. The number of hydrogen-bond donors (Lipinski definition) is 2. The second-order valence-electron chi connectivity index (χ2n) is 13.9. The number of ether oxygens (including phenoxy) is 2. The Labute approximate surface area is 318 Å². The van der Waals surface area contributed by atoms with Gasteiger partial charge in [-0.05, 0) is 51.4 Å². The molecule has 52 heavy (non-hydrogen) atoms. The van der Waals surface area contributed by atoms with Crippen LogP contribution in [-0.2, 0) is 32.7 Å². The number of carbonyl (C=O) groups is 2. The van der Waals surface area contributed by atoms with Crippen LogP contribution in [0.1, 0.15) is 187 Å². The Morgan fingerprint density at radius 2 is 1.00 bits per heavy atom. The van der Waals surface area contributed by atoms with Gasteiger partial charge in [-0.15, -0.1) is 0 Å². The zero-order valence-corrected chi connectivity index (χ0v) is 34.2. The molecule has 10 heteroatoms. The number of phosphoric ester groups is 1. The molecular weight excluding hydrogens is 677 g/mol. The SMILES string of the molecule is CCCCC/C=C/C/C=C/C/C=C/CCCCC(=O)OC[C@H](COP(=O)(O)OCCN)OC(=O)CCCCCCCCCCCCCCCCCC. The van der Waals surface area contributed by atoms with Crippen LogP contribution < -0.4 is 5.73 Å². The maximum Gasteiger partial charge on any atom is 0.472 e. The van der Waals surface area contributed by atoms with E-state index in [-0.39, 0.29) is 32.6 Å². The average Bonchev–Trinajstić information content (AvgIpc) is 3.13. The van der Waals surface area contributed by atoms with Gasteiger partial charge < -0.3 is 20.1 Å². The Balaban J connectivity index is 4.22. The van der Waals surface area contributed by atoms with E-state index in [2.05, 4.69) is 50.3 Å². The summed E-state index contributed by atoms with van der Waals surface area (Å²) in [6, 6.07) is 0. The van der Waals surface area contributed by atoms with E-state index in [1.807, 2.05) is 0 Å². The second-order valence-corrected chi connectivity index (χ2v) is 15.3. The van der Waals surface area contributed by atoms with Gasteiger partial charge in [-0.3, -0.25) is 18.6 Å². The standard InChI is InChI=1S/C42H78NO8P/c1-3-5-7-9-11-13-15-17-19-21-23-25-27-29-31-33-35-42(45)51-40(39-50-52(46,47)49-37-36-43)38-48-41(44)34-32-30-28-26-24-22-20-18-16-14-12-10-8-6-4-2/h12,14,18,20,24,26,40H,3-11,13,15-17,19,21-23,25,27-39,43H2,1-2H3,(H,46,47)/b14-12+,20-18+,26-24+/t40-/m1/s1. The van der Waals surface area contributed by atoms with Crippen molar-refractivity contribution in [3.8, 4) is 0 Å². The van der Waals surface area contributed by atoms with E-state index in [1.54, 1.807) is 0 Å². The number of nitrogens with two attached hydrogens (primary N) is 1. The third-order valence-electron chi connectivity index (χ3n) is 8.78. The summed E-state index contributed by atoms with van der Waals surface area (Å²) in [4.78, 5) is 34.8. The van der Waals surface area contributed by atoms with E-state index in [1.165, 1.54) is 103 Å². The average molecular weight is 756 g/mol. The van der Waals surface area contributed by atoms with Gasteiger partial charge in [0.1, 0.15) is 6.61 Å². The molecule has 1 unspecified atom stereocenters. The molecule has 0 bridgehead atoms. The minimum Gasteiger partial charge on any atom is -0.462 e. The third-order valence-corrected chi connectivity index (χ3v) is 9.76. The molecule has 0 saturated carbocycles. The zero-order chi connectivity index (χ0) is 38.2. The Bertz CT molecular complexity index is 954. The van der Waals surface area contributed by atoms with Crippen molar-refractivity contribution in [1.82, 2.24) is 0 Å². The van der Waals surface area contributed by atoms with E-state index >= 15 is 0 Å². The van der Waals surface area contributed by atoms with Crippen molar-refractivity contribution >= 4 is 19.8 Å². The molecule has 0 aliphatic heterocycles. The van der Waals surface area contributed by atoms with Gasteiger partial charge in [0.15, 0.2) is 6.10 Å². The molecule has 0 aromatic carbocycles. The maximum absolute atomic E-state index is 12.6. The van der Waals surface area contributed by atoms with Gasteiger partial charge in [-0.25, -0.2) is 4.57 Å². The fraction of sp³-hybridized carbons (Fsp3) is 0.810. The molecule has 3 N–H and O–H groups in total. The first-order chi connectivity index (χ1) is 25.3. The van der Waals surface area contributed by atoms with Crippen LogP contribution in [-0.4, -0.2) is 49.3 Å².